The number of ether oxygens (including phenoxy) is 1. The van der Waals surface area contributed by atoms with Gasteiger partial charge < -0.3 is 14.5 Å². The number of halogens is 2. The fourth-order valence-electron chi connectivity index (χ4n) is 4.43. The Hall–Kier alpha value is -2.02. The van der Waals surface area contributed by atoms with Crippen molar-refractivity contribution in [2.24, 2.45) is 5.92 Å². The first-order chi connectivity index (χ1) is 11.8. The topological polar surface area (TPSA) is 49.9 Å². The Morgan fingerprint density at radius 3 is 2.84 bits per heavy atom. The highest BCUT2D eigenvalue weighted by Crippen LogP contribution is 2.49. The minimum absolute atomic E-state index is 0.0153. The predicted octanol–water partition coefficient (Wildman–Crippen LogP) is 2.16. The number of likely N-dealkylation sites (tertiary alicyclic amines) is 1. The lowest BCUT2D eigenvalue weighted by Gasteiger charge is -2.34. The van der Waals surface area contributed by atoms with E-state index in [0.717, 1.165) is 18.2 Å². The van der Waals surface area contributed by atoms with E-state index in [0.29, 0.717) is 19.6 Å². The van der Waals surface area contributed by atoms with Gasteiger partial charge in [0.15, 0.2) is 5.72 Å². The van der Waals surface area contributed by atoms with Gasteiger partial charge >= 0.3 is 0 Å². The van der Waals surface area contributed by atoms with Gasteiger partial charge in [0.25, 0.3) is 5.91 Å². The third kappa shape index (κ3) is 2.21. The zero-order chi connectivity index (χ0) is 17.9. The molecule has 0 unspecified atom stereocenters. The number of carbonyl (C=O) groups excluding carboxylic acids is 2. The third-order valence-electron chi connectivity index (χ3n) is 5.68. The summed E-state index contributed by atoms with van der Waals surface area (Å²) in [7, 11) is 0. The van der Waals surface area contributed by atoms with Crippen LogP contribution in [0, 0.1) is 17.6 Å². The van der Waals surface area contributed by atoms with Crippen LogP contribution in [0.4, 0.5) is 8.78 Å². The number of hydrogen-bond acceptors (Lipinski definition) is 3. The molecule has 25 heavy (non-hydrogen) atoms. The van der Waals surface area contributed by atoms with E-state index in [1.165, 1.54) is 4.90 Å². The minimum atomic E-state index is -0.814. The molecule has 1 aromatic carbocycles. The second kappa shape index (κ2) is 5.49. The van der Waals surface area contributed by atoms with Crippen LogP contribution in [0.5, 0.6) is 0 Å². The minimum Gasteiger partial charge on any atom is -0.351 e. The molecule has 0 radical (unpaired) electrons. The monoisotopic (exact) mass is 350 g/mol. The van der Waals surface area contributed by atoms with Crippen LogP contribution in [0.2, 0.25) is 0 Å². The van der Waals surface area contributed by atoms with Crippen molar-refractivity contribution >= 4 is 11.8 Å². The van der Waals surface area contributed by atoms with Crippen molar-refractivity contribution in [3.05, 3.63) is 35.4 Å². The lowest BCUT2D eigenvalue weighted by molar-refractivity contribution is -0.139. The van der Waals surface area contributed by atoms with Crippen molar-refractivity contribution in [2.45, 2.75) is 44.5 Å². The highest BCUT2D eigenvalue weighted by Gasteiger charge is 2.65. The van der Waals surface area contributed by atoms with Crippen LogP contribution in [0.3, 0.4) is 0 Å². The Morgan fingerprint density at radius 1 is 1.36 bits per heavy atom. The lowest BCUT2D eigenvalue weighted by Crippen LogP contribution is -2.51. The summed E-state index contributed by atoms with van der Waals surface area (Å²) in [5.41, 5.74) is -1.12. The molecule has 3 saturated heterocycles. The normalized spacial score (nSPS) is 31.0. The van der Waals surface area contributed by atoms with Gasteiger partial charge in [-0.15, -0.1) is 0 Å². The van der Waals surface area contributed by atoms with Gasteiger partial charge in [-0.2, -0.15) is 0 Å². The van der Waals surface area contributed by atoms with Crippen LogP contribution in [-0.4, -0.2) is 52.6 Å². The highest BCUT2D eigenvalue weighted by molar-refractivity contribution is 5.96. The van der Waals surface area contributed by atoms with Crippen LogP contribution in [0.25, 0.3) is 0 Å². The molecule has 0 N–H and O–H groups in total. The van der Waals surface area contributed by atoms with Gasteiger partial charge in [-0.25, -0.2) is 8.78 Å². The summed E-state index contributed by atoms with van der Waals surface area (Å²) in [6, 6.07) is 2.36. The number of nitrogens with zero attached hydrogens (tertiary/aromatic N) is 2. The van der Waals surface area contributed by atoms with Gasteiger partial charge in [-0.3, -0.25) is 9.59 Å². The molecule has 0 aliphatic carbocycles. The van der Waals surface area contributed by atoms with Crippen molar-refractivity contribution in [1.82, 2.24) is 9.80 Å². The average molecular weight is 350 g/mol. The van der Waals surface area contributed by atoms with Crippen molar-refractivity contribution in [1.29, 1.82) is 0 Å². The van der Waals surface area contributed by atoms with E-state index in [2.05, 4.69) is 0 Å². The second-order valence-electron chi connectivity index (χ2n) is 7.32. The average Bonchev–Trinajstić information content (AvgIpc) is 3.18. The van der Waals surface area contributed by atoms with Crippen molar-refractivity contribution in [2.75, 3.05) is 13.2 Å². The Morgan fingerprint density at radius 2 is 2.12 bits per heavy atom. The maximum atomic E-state index is 14.0. The summed E-state index contributed by atoms with van der Waals surface area (Å²) >= 11 is 0. The molecular formula is C18H20F2N2O3. The first-order valence-electron chi connectivity index (χ1n) is 8.57. The molecule has 2 amide bonds. The molecule has 4 rings (SSSR count). The number of carbonyl (C=O) groups is 2. The van der Waals surface area contributed by atoms with E-state index in [1.54, 1.807) is 4.90 Å². The Balaban J connectivity index is 1.66. The van der Waals surface area contributed by atoms with Crippen LogP contribution in [-0.2, 0) is 9.53 Å². The smallest absolute Gasteiger partial charge is 0.257 e. The first-order valence-corrected chi connectivity index (χ1v) is 8.57. The molecule has 3 aliphatic rings. The Bertz CT molecular complexity index is 754. The highest BCUT2D eigenvalue weighted by atomic mass is 19.1. The molecule has 1 aromatic rings. The van der Waals surface area contributed by atoms with Crippen molar-refractivity contribution in [3.8, 4) is 0 Å². The molecule has 3 aliphatic heterocycles. The zero-order valence-corrected chi connectivity index (χ0v) is 14.2. The molecular weight excluding hydrogens is 330 g/mol. The molecule has 3 fully saturated rings. The molecule has 134 valence electrons. The van der Waals surface area contributed by atoms with Crippen molar-refractivity contribution in [3.63, 3.8) is 0 Å². The number of amides is 2. The van der Waals surface area contributed by atoms with Gasteiger partial charge in [0.2, 0.25) is 5.91 Å². The summed E-state index contributed by atoms with van der Waals surface area (Å²) in [6.45, 7) is 4.87. The molecule has 0 aromatic heterocycles. The number of benzene rings is 1. The number of rotatable bonds is 2. The molecule has 3 atom stereocenters. The third-order valence-corrected chi connectivity index (χ3v) is 5.68. The van der Waals surface area contributed by atoms with Gasteiger partial charge in [0, 0.05) is 13.0 Å². The molecule has 7 heteroatoms. The summed E-state index contributed by atoms with van der Waals surface area (Å²) in [6.07, 6.45) is 0.654. The quantitative estimate of drug-likeness (QED) is 0.821. The number of hydrogen-bond donors (Lipinski definition) is 0. The first kappa shape index (κ1) is 16.4. The molecule has 1 spiro atoms. The summed E-state index contributed by atoms with van der Waals surface area (Å²) in [4.78, 5) is 28.6. The standard InChI is InChI=1S/C18H20F2N2O3/c1-10(2)14-9-25-18-5-6-21(15(18)8-16(23)22(14)18)17(24)12-7-11(19)3-4-13(12)20/h3-4,7,10,14-15H,5-6,8-9H2,1-2H3/t14-,15+,18-/m0/s1. The van der Waals surface area contributed by atoms with E-state index in [1.807, 2.05) is 13.8 Å². The van der Waals surface area contributed by atoms with Crippen LogP contribution < -0.4 is 0 Å². The summed E-state index contributed by atoms with van der Waals surface area (Å²) < 4.78 is 33.5. The van der Waals surface area contributed by atoms with E-state index < -0.39 is 29.3 Å². The summed E-state index contributed by atoms with van der Waals surface area (Å²) in [5.74, 6) is -1.82. The molecule has 0 bridgehead atoms. The molecule has 5 nitrogen and oxygen atoms in total. The molecule has 3 heterocycles. The van der Waals surface area contributed by atoms with Gasteiger partial charge in [0.05, 0.1) is 30.7 Å². The lowest BCUT2D eigenvalue weighted by atomic mass is 10.0. The maximum Gasteiger partial charge on any atom is 0.257 e. The van der Waals surface area contributed by atoms with Crippen LogP contribution >= 0.6 is 0 Å². The van der Waals surface area contributed by atoms with Crippen molar-refractivity contribution < 1.29 is 23.1 Å². The van der Waals surface area contributed by atoms with Gasteiger partial charge in [-0.1, -0.05) is 13.8 Å². The largest absolute Gasteiger partial charge is 0.351 e. The Labute approximate surface area is 144 Å². The maximum absolute atomic E-state index is 14.0. The molecule has 0 saturated carbocycles. The van der Waals surface area contributed by atoms with E-state index in [4.69, 9.17) is 4.74 Å². The predicted molar refractivity (Wildman–Crippen MR) is 84.6 cm³/mol. The van der Waals surface area contributed by atoms with Crippen LogP contribution in [0.15, 0.2) is 18.2 Å². The van der Waals surface area contributed by atoms with E-state index in [-0.39, 0.29) is 29.9 Å². The zero-order valence-electron chi connectivity index (χ0n) is 14.2. The second-order valence-corrected chi connectivity index (χ2v) is 7.32. The summed E-state index contributed by atoms with van der Waals surface area (Å²) in [5, 5.41) is 0. The Kier molecular flexibility index (Phi) is 3.61. The van der Waals surface area contributed by atoms with Gasteiger partial charge in [0.1, 0.15) is 11.6 Å². The SMILES string of the molecule is CC(C)[C@@H]1CO[C@@]23CCN(C(=O)c4cc(F)ccc4F)[C@@H]2CC(=O)N13. The fourth-order valence-corrected chi connectivity index (χ4v) is 4.43. The van der Waals surface area contributed by atoms with Gasteiger partial charge in [-0.05, 0) is 24.1 Å². The van der Waals surface area contributed by atoms with E-state index in [9.17, 15) is 18.4 Å². The fraction of sp³-hybridized carbons (Fsp3) is 0.556. The van der Waals surface area contributed by atoms with Crippen LogP contribution in [0.1, 0.15) is 37.0 Å². The van der Waals surface area contributed by atoms with E-state index >= 15 is 0 Å².